The van der Waals surface area contributed by atoms with Gasteiger partial charge in [-0.15, -0.1) is 0 Å². The van der Waals surface area contributed by atoms with Gasteiger partial charge in [0.25, 0.3) is 0 Å². The zero-order valence-corrected chi connectivity index (χ0v) is 10.5. The highest BCUT2D eigenvalue weighted by atomic mass is 28.4. The second-order valence-electron chi connectivity index (χ2n) is 3.84. The molecule has 0 spiro atoms. The summed E-state index contributed by atoms with van der Waals surface area (Å²) in [6.45, 7) is 1.82. The van der Waals surface area contributed by atoms with Crippen LogP contribution >= 0.6 is 0 Å². The molecule has 84 valence electrons. The highest BCUT2D eigenvalue weighted by molar-refractivity contribution is 6.44. The molecule has 0 aliphatic heterocycles. The van der Waals surface area contributed by atoms with Crippen LogP contribution in [-0.4, -0.2) is 23.6 Å². The van der Waals surface area contributed by atoms with E-state index >= 15 is 0 Å². The lowest BCUT2D eigenvalue weighted by Crippen LogP contribution is -2.13. The Bertz CT molecular complexity index is 298. The van der Waals surface area contributed by atoms with Gasteiger partial charge in [-0.25, -0.2) is 0 Å². The number of hydrogen-bond acceptors (Lipinski definition) is 1. The fourth-order valence-corrected chi connectivity index (χ4v) is 2.45. The molecule has 0 aliphatic carbocycles. The van der Waals surface area contributed by atoms with Gasteiger partial charge in [0.1, 0.15) is 0 Å². The van der Waals surface area contributed by atoms with Crippen LogP contribution in [0.3, 0.4) is 0 Å². The van der Waals surface area contributed by atoms with Crippen LogP contribution in [0.5, 0.6) is 0 Å². The Labute approximate surface area is 91.7 Å². The monoisotopic (exact) mass is 229 g/mol. The predicted octanol–water partition coefficient (Wildman–Crippen LogP) is 2.94. The molecule has 1 aromatic rings. The highest BCUT2D eigenvalue weighted by Crippen LogP contribution is 2.25. The minimum absolute atomic E-state index is 0.499. The number of nitrogens with zero attached hydrogens (tertiary/aromatic N) is 1. The molecule has 1 rings (SSSR count). The van der Waals surface area contributed by atoms with Gasteiger partial charge in [0.15, 0.2) is 0 Å². The van der Waals surface area contributed by atoms with E-state index < -0.39 is 15.0 Å². The lowest BCUT2D eigenvalue weighted by atomic mass is 10.1. The number of halogens is 2. The topological polar surface area (TPSA) is 3.24 Å². The maximum atomic E-state index is 12.8. The summed E-state index contributed by atoms with van der Waals surface area (Å²) in [7, 11) is 0.311. The molecule has 0 heterocycles. The maximum Gasteiger partial charge on any atom is 0.418 e. The normalized spacial score (nSPS) is 12.9. The van der Waals surface area contributed by atoms with E-state index in [9.17, 15) is 8.22 Å². The lowest BCUT2D eigenvalue weighted by Gasteiger charge is -2.16. The summed E-state index contributed by atoms with van der Waals surface area (Å²) in [6.07, 6.45) is 0.533. The van der Waals surface area contributed by atoms with Crippen molar-refractivity contribution < 1.29 is 8.22 Å². The minimum Gasteiger partial charge on any atom is -0.378 e. The lowest BCUT2D eigenvalue weighted by molar-refractivity contribution is 0.603. The van der Waals surface area contributed by atoms with Crippen molar-refractivity contribution in [2.45, 2.75) is 18.9 Å². The van der Waals surface area contributed by atoms with Gasteiger partial charge < -0.3 is 4.90 Å². The average Bonchev–Trinajstić information content (AvgIpc) is 2.19. The molecule has 1 atom stereocenters. The number of rotatable bonds is 4. The van der Waals surface area contributed by atoms with Crippen molar-refractivity contribution in [3.05, 3.63) is 29.8 Å². The maximum absolute atomic E-state index is 12.8. The van der Waals surface area contributed by atoms with Gasteiger partial charge in [0.05, 0.1) is 0 Å². The number of anilines is 1. The van der Waals surface area contributed by atoms with Crippen LogP contribution in [0.2, 0.25) is 0 Å². The van der Waals surface area contributed by atoms with Gasteiger partial charge in [-0.2, -0.15) is 0 Å². The molecule has 0 saturated heterocycles. The van der Waals surface area contributed by atoms with E-state index in [1.807, 2.05) is 50.2 Å². The third kappa shape index (κ3) is 3.02. The zero-order valence-electron chi connectivity index (χ0n) is 9.37. The summed E-state index contributed by atoms with van der Waals surface area (Å²) < 4.78 is 25.5. The molecule has 0 amide bonds. The van der Waals surface area contributed by atoms with Crippen LogP contribution in [0.15, 0.2) is 24.3 Å². The Morgan fingerprint density at radius 2 is 1.73 bits per heavy atom. The summed E-state index contributed by atoms with van der Waals surface area (Å²) in [4.78, 5) is 1.96. The average molecular weight is 229 g/mol. The number of hydrogen-bond donors (Lipinski definition) is 0. The second kappa shape index (κ2) is 5.26. The third-order valence-corrected chi connectivity index (χ3v) is 4.05. The van der Waals surface area contributed by atoms with Crippen LogP contribution in [-0.2, 0) is 0 Å². The standard InChI is InChI=1S/C11H17F2NSi/c1-4-11(15(12)13)9-5-7-10(8-6-9)14(2)3/h5-8,11,15H,4H2,1-3H3. The molecular formula is C11H17F2NSi. The van der Waals surface area contributed by atoms with Crippen molar-refractivity contribution in [2.75, 3.05) is 19.0 Å². The van der Waals surface area contributed by atoms with E-state index in [0.29, 0.717) is 6.42 Å². The molecular weight excluding hydrogens is 212 g/mol. The molecule has 4 heteroatoms. The van der Waals surface area contributed by atoms with Crippen LogP contribution in [0.1, 0.15) is 24.4 Å². The van der Waals surface area contributed by atoms with E-state index in [4.69, 9.17) is 0 Å². The molecule has 0 fully saturated rings. The van der Waals surface area contributed by atoms with Crippen molar-refractivity contribution in [1.29, 1.82) is 0 Å². The van der Waals surface area contributed by atoms with Crippen LogP contribution in [0.4, 0.5) is 13.9 Å². The van der Waals surface area contributed by atoms with Crippen molar-refractivity contribution in [3.8, 4) is 0 Å². The summed E-state index contributed by atoms with van der Waals surface area (Å²) in [5.41, 5.74) is 1.33. The Kier molecular flexibility index (Phi) is 4.26. The van der Waals surface area contributed by atoms with E-state index in [0.717, 1.165) is 11.3 Å². The zero-order chi connectivity index (χ0) is 11.4. The molecule has 1 nitrogen and oxygen atoms in total. The highest BCUT2D eigenvalue weighted by Gasteiger charge is 2.23. The van der Waals surface area contributed by atoms with Gasteiger partial charge >= 0.3 is 9.46 Å². The first kappa shape index (κ1) is 12.2. The molecule has 1 unspecified atom stereocenters. The molecule has 0 saturated carbocycles. The quantitative estimate of drug-likeness (QED) is 0.567. The van der Waals surface area contributed by atoms with E-state index in [2.05, 4.69) is 0 Å². The molecule has 0 aliphatic rings. The second-order valence-corrected chi connectivity index (χ2v) is 5.31. The molecule has 0 N–H and O–H groups in total. The van der Waals surface area contributed by atoms with Crippen molar-refractivity contribution in [2.24, 2.45) is 0 Å². The van der Waals surface area contributed by atoms with Crippen molar-refractivity contribution in [3.63, 3.8) is 0 Å². The SMILES string of the molecule is CCC(c1ccc(N(C)C)cc1)[SiH](F)F. The third-order valence-electron chi connectivity index (χ3n) is 2.58. The summed E-state index contributed by atoms with van der Waals surface area (Å²) in [5.74, 6) is 0. The summed E-state index contributed by atoms with van der Waals surface area (Å²) >= 11 is 0. The Hall–Kier alpha value is -0.903. The Morgan fingerprint density at radius 1 is 1.20 bits per heavy atom. The van der Waals surface area contributed by atoms with Crippen LogP contribution in [0.25, 0.3) is 0 Å². The molecule has 0 aromatic heterocycles. The summed E-state index contributed by atoms with van der Waals surface area (Å²) in [5, 5.41) is 0. The molecule has 0 radical (unpaired) electrons. The van der Waals surface area contributed by atoms with Gasteiger partial charge in [-0.3, -0.25) is 8.22 Å². The first-order chi connectivity index (χ1) is 7.06. The van der Waals surface area contributed by atoms with E-state index in [1.165, 1.54) is 0 Å². The fourth-order valence-electron chi connectivity index (χ4n) is 1.58. The van der Waals surface area contributed by atoms with Crippen molar-refractivity contribution >= 4 is 15.2 Å². The molecule has 0 bridgehead atoms. The molecule has 15 heavy (non-hydrogen) atoms. The Morgan fingerprint density at radius 3 is 2.07 bits per heavy atom. The minimum atomic E-state index is -3.57. The first-order valence-corrected chi connectivity index (χ1v) is 6.65. The Balaban J connectivity index is 2.87. The largest absolute Gasteiger partial charge is 0.418 e. The molecule has 1 aromatic carbocycles. The van der Waals surface area contributed by atoms with E-state index in [1.54, 1.807) is 0 Å². The first-order valence-electron chi connectivity index (χ1n) is 5.11. The number of benzene rings is 1. The van der Waals surface area contributed by atoms with Crippen LogP contribution < -0.4 is 4.90 Å². The summed E-state index contributed by atoms with van der Waals surface area (Å²) in [6, 6.07) is 7.44. The van der Waals surface area contributed by atoms with E-state index in [-0.39, 0.29) is 0 Å². The fraction of sp³-hybridized carbons (Fsp3) is 0.455. The predicted molar refractivity (Wildman–Crippen MR) is 63.2 cm³/mol. The smallest absolute Gasteiger partial charge is 0.378 e. The van der Waals surface area contributed by atoms with Crippen molar-refractivity contribution in [1.82, 2.24) is 0 Å². The van der Waals surface area contributed by atoms with Crippen LogP contribution in [0, 0.1) is 0 Å². The van der Waals surface area contributed by atoms with Gasteiger partial charge in [-0.05, 0) is 24.1 Å². The van der Waals surface area contributed by atoms with Gasteiger partial charge in [-0.1, -0.05) is 19.1 Å². The van der Waals surface area contributed by atoms with Gasteiger partial charge in [0, 0.05) is 25.3 Å². The van der Waals surface area contributed by atoms with Gasteiger partial charge in [0.2, 0.25) is 0 Å².